The van der Waals surface area contributed by atoms with Crippen LogP contribution in [0.5, 0.6) is 0 Å². The van der Waals surface area contributed by atoms with Crippen LogP contribution in [-0.4, -0.2) is 10.8 Å². The molecule has 0 fully saturated rings. The highest BCUT2D eigenvalue weighted by atomic mass is 19.1. The third-order valence-electron chi connectivity index (χ3n) is 2.94. The summed E-state index contributed by atoms with van der Waals surface area (Å²) in [4.78, 5) is 16.2. The molecule has 2 aromatic rings. The van der Waals surface area contributed by atoms with Gasteiger partial charge in [-0.2, -0.15) is 0 Å². The minimum Gasteiger partial charge on any atom is -0.294 e. The summed E-state index contributed by atoms with van der Waals surface area (Å²) in [6.45, 7) is 3.58. The lowest BCUT2D eigenvalue weighted by Crippen LogP contribution is -2.07. The predicted molar refractivity (Wildman–Crippen MR) is 68.1 cm³/mol. The molecule has 1 aromatic carbocycles. The number of hydrogen-bond donors (Lipinski definition) is 0. The van der Waals surface area contributed by atoms with Gasteiger partial charge in [0.2, 0.25) is 0 Å². The standard InChI is InChI=1S/C15H14FNO/c1-10-5-6-12(8-13(10)16)15(18)9-14-11(2)4-3-7-17-14/h3-8H,9H2,1-2H3. The van der Waals surface area contributed by atoms with Gasteiger partial charge in [-0.15, -0.1) is 0 Å². The molecule has 18 heavy (non-hydrogen) atoms. The Morgan fingerprint density at radius 3 is 2.67 bits per heavy atom. The maximum absolute atomic E-state index is 13.4. The summed E-state index contributed by atoms with van der Waals surface area (Å²) < 4.78 is 13.4. The van der Waals surface area contributed by atoms with Crippen molar-refractivity contribution in [3.05, 3.63) is 64.7 Å². The van der Waals surface area contributed by atoms with Crippen LogP contribution in [0, 0.1) is 19.7 Å². The maximum Gasteiger partial charge on any atom is 0.168 e. The molecule has 0 radical (unpaired) electrons. The van der Waals surface area contributed by atoms with Gasteiger partial charge in [0.05, 0.1) is 12.1 Å². The molecule has 0 spiro atoms. The van der Waals surface area contributed by atoms with E-state index in [0.717, 1.165) is 11.3 Å². The maximum atomic E-state index is 13.4. The molecule has 3 heteroatoms. The lowest BCUT2D eigenvalue weighted by molar-refractivity contribution is 0.0991. The number of hydrogen-bond acceptors (Lipinski definition) is 2. The SMILES string of the molecule is Cc1ccc(C(=O)Cc2ncccc2C)cc1F. The van der Waals surface area contributed by atoms with Gasteiger partial charge < -0.3 is 0 Å². The quantitative estimate of drug-likeness (QED) is 0.774. The molecule has 1 heterocycles. The van der Waals surface area contributed by atoms with E-state index in [2.05, 4.69) is 4.98 Å². The van der Waals surface area contributed by atoms with E-state index < -0.39 is 0 Å². The smallest absolute Gasteiger partial charge is 0.168 e. The summed E-state index contributed by atoms with van der Waals surface area (Å²) in [7, 11) is 0. The largest absolute Gasteiger partial charge is 0.294 e. The molecule has 0 atom stereocenters. The van der Waals surface area contributed by atoms with Gasteiger partial charge in [0, 0.05) is 11.8 Å². The topological polar surface area (TPSA) is 30.0 Å². The summed E-state index contributed by atoms with van der Waals surface area (Å²) in [5, 5.41) is 0. The van der Waals surface area contributed by atoms with Gasteiger partial charge >= 0.3 is 0 Å². The second-order valence-electron chi connectivity index (χ2n) is 4.33. The minimum absolute atomic E-state index is 0.115. The highest BCUT2D eigenvalue weighted by Crippen LogP contribution is 2.13. The fourth-order valence-electron chi connectivity index (χ4n) is 1.72. The zero-order valence-corrected chi connectivity index (χ0v) is 10.4. The summed E-state index contributed by atoms with van der Waals surface area (Å²) in [6.07, 6.45) is 1.86. The van der Waals surface area contributed by atoms with Gasteiger partial charge in [-0.25, -0.2) is 4.39 Å². The van der Waals surface area contributed by atoms with Crippen LogP contribution in [0.4, 0.5) is 4.39 Å². The van der Waals surface area contributed by atoms with E-state index in [1.54, 1.807) is 25.3 Å². The van der Waals surface area contributed by atoms with Gasteiger partial charge in [-0.1, -0.05) is 18.2 Å². The summed E-state index contributed by atoms with van der Waals surface area (Å²) in [5.41, 5.74) is 2.64. The van der Waals surface area contributed by atoms with Crippen molar-refractivity contribution >= 4 is 5.78 Å². The molecule has 92 valence electrons. The Balaban J connectivity index is 2.22. The molecule has 0 amide bonds. The molecule has 0 aliphatic carbocycles. The van der Waals surface area contributed by atoms with E-state index in [4.69, 9.17) is 0 Å². The lowest BCUT2D eigenvalue weighted by atomic mass is 10.0. The Morgan fingerprint density at radius 1 is 1.22 bits per heavy atom. The molecule has 0 N–H and O–H groups in total. The Hall–Kier alpha value is -2.03. The Kier molecular flexibility index (Phi) is 3.51. The number of benzene rings is 1. The first kappa shape index (κ1) is 12.4. The number of ketones is 1. The first-order valence-electron chi connectivity index (χ1n) is 5.78. The van der Waals surface area contributed by atoms with E-state index in [-0.39, 0.29) is 18.0 Å². The van der Waals surface area contributed by atoms with Crippen LogP contribution in [-0.2, 0) is 6.42 Å². The van der Waals surface area contributed by atoms with Crippen molar-refractivity contribution in [3.63, 3.8) is 0 Å². The van der Waals surface area contributed by atoms with E-state index in [1.165, 1.54) is 6.07 Å². The van der Waals surface area contributed by atoms with Crippen molar-refractivity contribution in [1.29, 1.82) is 0 Å². The van der Waals surface area contributed by atoms with E-state index in [1.807, 2.05) is 19.1 Å². The van der Waals surface area contributed by atoms with E-state index >= 15 is 0 Å². The third-order valence-corrected chi connectivity index (χ3v) is 2.94. The van der Waals surface area contributed by atoms with E-state index in [0.29, 0.717) is 11.1 Å². The van der Waals surface area contributed by atoms with Gasteiger partial charge in [0.1, 0.15) is 5.82 Å². The van der Waals surface area contributed by atoms with Crippen LogP contribution in [0.1, 0.15) is 27.2 Å². The molecular weight excluding hydrogens is 229 g/mol. The highest BCUT2D eigenvalue weighted by Gasteiger charge is 2.11. The molecule has 0 saturated carbocycles. The van der Waals surface area contributed by atoms with Crippen LogP contribution in [0.25, 0.3) is 0 Å². The van der Waals surface area contributed by atoms with Crippen LogP contribution in [0.3, 0.4) is 0 Å². The van der Waals surface area contributed by atoms with Crippen LogP contribution >= 0.6 is 0 Å². The van der Waals surface area contributed by atoms with Crippen LogP contribution < -0.4 is 0 Å². The third kappa shape index (κ3) is 2.62. The average Bonchev–Trinajstić information content (AvgIpc) is 2.35. The highest BCUT2D eigenvalue weighted by molar-refractivity contribution is 5.97. The number of nitrogens with zero attached hydrogens (tertiary/aromatic N) is 1. The number of Topliss-reactive ketones (excluding diaryl/α,β-unsaturated/α-hetero) is 1. The normalized spacial score (nSPS) is 10.4. The molecule has 0 aliphatic heterocycles. The van der Waals surface area contributed by atoms with Crippen molar-refractivity contribution in [2.75, 3.05) is 0 Å². The van der Waals surface area contributed by atoms with Crippen molar-refractivity contribution in [3.8, 4) is 0 Å². The number of carbonyl (C=O) groups is 1. The number of aromatic nitrogens is 1. The molecule has 2 nitrogen and oxygen atoms in total. The first-order chi connectivity index (χ1) is 8.58. The molecule has 1 aromatic heterocycles. The average molecular weight is 243 g/mol. The van der Waals surface area contributed by atoms with Crippen LogP contribution in [0.15, 0.2) is 36.5 Å². The fourth-order valence-corrected chi connectivity index (χ4v) is 1.72. The van der Waals surface area contributed by atoms with Crippen molar-refractivity contribution in [2.45, 2.75) is 20.3 Å². The van der Waals surface area contributed by atoms with Crippen molar-refractivity contribution < 1.29 is 9.18 Å². The summed E-state index contributed by atoms with van der Waals surface area (Å²) >= 11 is 0. The number of rotatable bonds is 3. The minimum atomic E-state index is -0.349. The number of carbonyl (C=O) groups excluding carboxylic acids is 1. The summed E-state index contributed by atoms with van der Waals surface area (Å²) in [5.74, 6) is -0.464. The molecule has 0 unspecified atom stereocenters. The van der Waals surface area contributed by atoms with Gasteiger partial charge in [0.25, 0.3) is 0 Å². The molecule has 2 rings (SSSR count). The van der Waals surface area contributed by atoms with Crippen molar-refractivity contribution in [1.82, 2.24) is 4.98 Å². The Morgan fingerprint density at radius 2 is 2.00 bits per heavy atom. The number of halogens is 1. The Labute approximate surface area is 105 Å². The van der Waals surface area contributed by atoms with Crippen molar-refractivity contribution in [2.24, 2.45) is 0 Å². The van der Waals surface area contributed by atoms with E-state index in [9.17, 15) is 9.18 Å². The number of pyridine rings is 1. The van der Waals surface area contributed by atoms with Gasteiger partial charge in [-0.05, 0) is 37.1 Å². The number of aryl methyl sites for hydroxylation is 2. The monoisotopic (exact) mass is 243 g/mol. The molecule has 0 bridgehead atoms. The fraction of sp³-hybridized carbons (Fsp3) is 0.200. The second kappa shape index (κ2) is 5.08. The molecule has 0 aliphatic rings. The first-order valence-corrected chi connectivity index (χ1v) is 5.78. The second-order valence-corrected chi connectivity index (χ2v) is 4.33. The lowest BCUT2D eigenvalue weighted by Gasteiger charge is -2.05. The zero-order chi connectivity index (χ0) is 13.1. The predicted octanol–water partition coefficient (Wildman–Crippen LogP) is 3.26. The zero-order valence-electron chi connectivity index (χ0n) is 10.4. The molecule has 0 saturated heterocycles. The van der Waals surface area contributed by atoms with Crippen LogP contribution in [0.2, 0.25) is 0 Å². The van der Waals surface area contributed by atoms with Gasteiger partial charge in [0.15, 0.2) is 5.78 Å². The van der Waals surface area contributed by atoms with Gasteiger partial charge in [-0.3, -0.25) is 9.78 Å². The summed E-state index contributed by atoms with van der Waals surface area (Å²) in [6, 6.07) is 8.29. The molecular formula is C15H14FNO. The Bertz CT molecular complexity index is 593.